The van der Waals surface area contributed by atoms with Gasteiger partial charge in [0.05, 0.1) is 0 Å². The third-order valence-electron chi connectivity index (χ3n) is 4.18. The van der Waals surface area contributed by atoms with Crippen LogP contribution < -0.4 is 10.0 Å². The van der Waals surface area contributed by atoms with Crippen molar-refractivity contribution in [1.29, 1.82) is 0 Å². The molecule has 1 heterocycles. The Labute approximate surface area is 127 Å². The predicted molar refractivity (Wildman–Crippen MR) is 84.7 cm³/mol. The summed E-state index contributed by atoms with van der Waals surface area (Å²) in [5.41, 5.74) is 0. The molecule has 2 atom stereocenters. The molecule has 21 heavy (non-hydrogen) atoms. The van der Waals surface area contributed by atoms with Crippen LogP contribution in [0.1, 0.15) is 39.5 Å². The average Bonchev–Trinajstić information content (AvgIpc) is 2.89. The number of nitrogens with one attached hydrogen (secondary N) is 2. The van der Waals surface area contributed by atoms with Crippen molar-refractivity contribution in [2.45, 2.75) is 44.4 Å². The highest BCUT2D eigenvalue weighted by Crippen LogP contribution is 2.31. The van der Waals surface area contributed by atoms with Gasteiger partial charge in [-0.2, -0.15) is 0 Å². The molecule has 0 saturated heterocycles. The Kier molecular flexibility index (Phi) is 5.58. The Morgan fingerprint density at radius 1 is 1.38 bits per heavy atom. The molecule has 1 aliphatic carbocycles. The lowest BCUT2D eigenvalue weighted by atomic mass is 9.99. The Morgan fingerprint density at radius 3 is 2.86 bits per heavy atom. The highest BCUT2D eigenvalue weighted by Gasteiger charge is 2.26. The van der Waals surface area contributed by atoms with E-state index in [-0.39, 0.29) is 4.90 Å². The topological polar surface area (TPSA) is 71.1 Å². The SMILES string of the molecule is CCCNc1ncccc1S(=O)(=O)NCC1CCCC1C. The number of rotatable bonds is 7. The molecule has 0 radical (unpaired) electrons. The molecule has 0 amide bonds. The molecule has 1 saturated carbocycles. The van der Waals surface area contributed by atoms with Crippen LogP contribution in [0.5, 0.6) is 0 Å². The first kappa shape index (κ1) is 16.2. The lowest BCUT2D eigenvalue weighted by Gasteiger charge is -2.17. The lowest BCUT2D eigenvalue weighted by molar-refractivity contribution is 0.414. The third kappa shape index (κ3) is 4.17. The number of hydrogen-bond acceptors (Lipinski definition) is 4. The molecule has 1 aliphatic rings. The van der Waals surface area contributed by atoms with Crippen molar-refractivity contribution in [2.24, 2.45) is 11.8 Å². The molecule has 0 bridgehead atoms. The molecule has 1 aromatic rings. The van der Waals surface area contributed by atoms with E-state index >= 15 is 0 Å². The highest BCUT2D eigenvalue weighted by molar-refractivity contribution is 7.89. The zero-order valence-electron chi connectivity index (χ0n) is 12.8. The van der Waals surface area contributed by atoms with E-state index in [1.165, 1.54) is 12.8 Å². The molecule has 118 valence electrons. The van der Waals surface area contributed by atoms with E-state index in [4.69, 9.17) is 0 Å². The molecule has 0 aliphatic heterocycles. The minimum Gasteiger partial charge on any atom is -0.369 e. The molecule has 5 nitrogen and oxygen atoms in total. The summed E-state index contributed by atoms with van der Waals surface area (Å²) in [5.74, 6) is 1.48. The van der Waals surface area contributed by atoms with Gasteiger partial charge in [-0.15, -0.1) is 0 Å². The molecule has 1 fully saturated rings. The van der Waals surface area contributed by atoms with Crippen LogP contribution in [-0.4, -0.2) is 26.5 Å². The van der Waals surface area contributed by atoms with Crippen LogP contribution in [0.25, 0.3) is 0 Å². The van der Waals surface area contributed by atoms with Crippen LogP contribution in [0.15, 0.2) is 23.2 Å². The molecule has 2 N–H and O–H groups in total. The molecule has 2 unspecified atom stereocenters. The van der Waals surface area contributed by atoms with Gasteiger partial charge in [0.15, 0.2) is 0 Å². The zero-order chi connectivity index (χ0) is 15.3. The van der Waals surface area contributed by atoms with Crippen LogP contribution in [0.2, 0.25) is 0 Å². The number of hydrogen-bond donors (Lipinski definition) is 2. The quantitative estimate of drug-likeness (QED) is 0.812. The van der Waals surface area contributed by atoms with Gasteiger partial charge in [-0.3, -0.25) is 0 Å². The summed E-state index contributed by atoms with van der Waals surface area (Å²) in [6.07, 6.45) is 6.03. The molecule has 0 aromatic carbocycles. The van der Waals surface area contributed by atoms with Crippen molar-refractivity contribution < 1.29 is 8.42 Å². The molecule has 2 rings (SSSR count). The number of anilines is 1. The standard InChI is InChI=1S/C15H25N3O2S/c1-3-9-16-15-14(8-5-10-17-15)21(19,20)18-11-13-7-4-6-12(13)2/h5,8,10,12-13,18H,3-4,6-7,9,11H2,1-2H3,(H,16,17). The van der Waals surface area contributed by atoms with E-state index in [1.807, 2.05) is 6.92 Å². The highest BCUT2D eigenvalue weighted by atomic mass is 32.2. The summed E-state index contributed by atoms with van der Waals surface area (Å²) in [6, 6.07) is 3.26. The lowest BCUT2D eigenvalue weighted by Crippen LogP contribution is -2.31. The van der Waals surface area contributed by atoms with Crippen molar-refractivity contribution in [3.63, 3.8) is 0 Å². The van der Waals surface area contributed by atoms with Gasteiger partial charge in [-0.1, -0.05) is 26.7 Å². The summed E-state index contributed by atoms with van der Waals surface area (Å²) in [6.45, 7) is 5.46. The Balaban J connectivity index is 2.08. The van der Waals surface area contributed by atoms with E-state index < -0.39 is 10.0 Å². The van der Waals surface area contributed by atoms with Gasteiger partial charge in [0, 0.05) is 19.3 Å². The largest absolute Gasteiger partial charge is 0.369 e. The maximum atomic E-state index is 12.5. The summed E-state index contributed by atoms with van der Waals surface area (Å²) < 4.78 is 27.7. The second-order valence-electron chi connectivity index (χ2n) is 5.80. The maximum absolute atomic E-state index is 12.5. The predicted octanol–water partition coefficient (Wildman–Crippen LogP) is 2.62. The van der Waals surface area contributed by atoms with Crippen LogP contribution in [-0.2, 0) is 10.0 Å². The second-order valence-corrected chi connectivity index (χ2v) is 7.53. The molecular weight excluding hydrogens is 286 g/mol. The zero-order valence-corrected chi connectivity index (χ0v) is 13.6. The number of aromatic nitrogens is 1. The van der Waals surface area contributed by atoms with Crippen molar-refractivity contribution in [2.75, 3.05) is 18.4 Å². The third-order valence-corrected chi connectivity index (χ3v) is 5.63. The van der Waals surface area contributed by atoms with E-state index in [2.05, 4.69) is 21.9 Å². The fourth-order valence-electron chi connectivity index (χ4n) is 2.80. The van der Waals surface area contributed by atoms with E-state index in [0.717, 1.165) is 12.8 Å². The molecule has 0 spiro atoms. The average molecular weight is 311 g/mol. The van der Waals surface area contributed by atoms with Gasteiger partial charge >= 0.3 is 0 Å². The van der Waals surface area contributed by atoms with Crippen LogP contribution in [0.4, 0.5) is 5.82 Å². The second kappa shape index (κ2) is 7.22. The fraction of sp³-hybridized carbons (Fsp3) is 0.667. The van der Waals surface area contributed by atoms with E-state index in [0.29, 0.717) is 30.7 Å². The number of pyridine rings is 1. The van der Waals surface area contributed by atoms with E-state index in [1.54, 1.807) is 18.3 Å². The molecular formula is C15H25N3O2S. The summed E-state index contributed by atoms with van der Waals surface area (Å²) in [5, 5.41) is 3.08. The van der Waals surface area contributed by atoms with Gasteiger partial charge in [-0.05, 0) is 36.8 Å². The fourth-order valence-corrected chi connectivity index (χ4v) is 4.03. The van der Waals surface area contributed by atoms with Gasteiger partial charge in [0.2, 0.25) is 10.0 Å². The van der Waals surface area contributed by atoms with Crippen LogP contribution in [0, 0.1) is 11.8 Å². The van der Waals surface area contributed by atoms with Crippen molar-refractivity contribution in [3.05, 3.63) is 18.3 Å². The minimum atomic E-state index is -3.51. The van der Waals surface area contributed by atoms with Gasteiger partial charge in [0.25, 0.3) is 0 Å². The van der Waals surface area contributed by atoms with Crippen LogP contribution in [0.3, 0.4) is 0 Å². The Bertz CT molecular complexity index is 560. The van der Waals surface area contributed by atoms with Gasteiger partial charge in [-0.25, -0.2) is 18.1 Å². The maximum Gasteiger partial charge on any atom is 0.244 e. The Hall–Kier alpha value is -1.14. The normalized spacial score (nSPS) is 22.4. The first-order chi connectivity index (χ1) is 10.0. The van der Waals surface area contributed by atoms with Crippen molar-refractivity contribution in [3.8, 4) is 0 Å². The van der Waals surface area contributed by atoms with E-state index in [9.17, 15) is 8.42 Å². The van der Waals surface area contributed by atoms with Crippen molar-refractivity contribution in [1.82, 2.24) is 9.71 Å². The monoisotopic (exact) mass is 311 g/mol. The van der Waals surface area contributed by atoms with Gasteiger partial charge < -0.3 is 5.32 Å². The smallest absolute Gasteiger partial charge is 0.244 e. The first-order valence-electron chi connectivity index (χ1n) is 7.73. The summed E-state index contributed by atoms with van der Waals surface area (Å²) in [7, 11) is -3.51. The molecule has 6 heteroatoms. The summed E-state index contributed by atoms with van der Waals surface area (Å²) in [4.78, 5) is 4.39. The van der Waals surface area contributed by atoms with Gasteiger partial charge in [0.1, 0.15) is 10.7 Å². The molecule has 1 aromatic heterocycles. The number of sulfonamides is 1. The minimum absolute atomic E-state index is 0.240. The first-order valence-corrected chi connectivity index (χ1v) is 9.21. The Morgan fingerprint density at radius 2 is 2.19 bits per heavy atom. The summed E-state index contributed by atoms with van der Waals surface area (Å²) >= 11 is 0. The number of nitrogens with zero attached hydrogens (tertiary/aromatic N) is 1. The van der Waals surface area contributed by atoms with Crippen molar-refractivity contribution >= 4 is 15.8 Å². The van der Waals surface area contributed by atoms with Crippen LogP contribution >= 0.6 is 0 Å².